The van der Waals surface area contributed by atoms with E-state index in [1.54, 1.807) is 0 Å². The molecule has 1 heterocycles. The van der Waals surface area contributed by atoms with Crippen molar-refractivity contribution in [1.82, 2.24) is 10.2 Å². The highest BCUT2D eigenvalue weighted by Crippen LogP contribution is 2.35. The van der Waals surface area contributed by atoms with Crippen LogP contribution >= 0.6 is 0 Å². The van der Waals surface area contributed by atoms with E-state index in [0.717, 1.165) is 44.2 Å². The summed E-state index contributed by atoms with van der Waals surface area (Å²) in [5, 5.41) is 3.29. The Morgan fingerprint density at radius 1 is 1.24 bits per heavy atom. The largest absolute Gasteiger partial charge is 0.416 e. The van der Waals surface area contributed by atoms with Gasteiger partial charge >= 0.3 is 6.18 Å². The SMILES string of the molecule is CCC(C)[C@@H](c1cccc(C(F)(F)F)c1)N1CCNCC1. The van der Waals surface area contributed by atoms with Gasteiger partial charge in [0.05, 0.1) is 5.56 Å². The highest BCUT2D eigenvalue weighted by Gasteiger charge is 2.32. The highest BCUT2D eigenvalue weighted by atomic mass is 19.4. The quantitative estimate of drug-likeness (QED) is 0.912. The molecule has 2 rings (SSSR count). The molecule has 1 N–H and O–H groups in total. The molecule has 1 aliphatic heterocycles. The molecule has 118 valence electrons. The molecule has 5 heteroatoms. The zero-order valence-electron chi connectivity index (χ0n) is 12.6. The summed E-state index contributed by atoms with van der Waals surface area (Å²) in [6.07, 6.45) is -3.33. The zero-order chi connectivity index (χ0) is 15.5. The summed E-state index contributed by atoms with van der Waals surface area (Å²) in [4.78, 5) is 2.31. The van der Waals surface area contributed by atoms with Gasteiger partial charge < -0.3 is 5.32 Å². The Balaban J connectivity index is 2.32. The van der Waals surface area contributed by atoms with Crippen molar-refractivity contribution < 1.29 is 13.2 Å². The van der Waals surface area contributed by atoms with E-state index in [4.69, 9.17) is 0 Å². The number of hydrogen-bond acceptors (Lipinski definition) is 2. The summed E-state index contributed by atoms with van der Waals surface area (Å²) < 4.78 is 38.8. The number of hydrogen-bond donors (Lipinski definition) is 1. The van der Waals surface area contributed by atoms with Crippen LogP contribution in [0.4, 0.5) is 13.2 Å². The van der Waals surface area contributed by atoms with Crippen molar-refractivity contribution in [2.75, 3.05) is 26.2 Å². The summed E-state index contributed by atoms with van der Waals surface area (Å²) in [5.74, 6) is 0.326. The monoisotopic (exact) mass is 300 g/mol. The van der Waals surface area contributed by atoms with Crippen LogP contribution in [0.25, 0.3) is 0 Å². The minimum absolute atomic E-state index is 0.0550. The van der Waals surface area contributed by atoms with Crippen LogP contribution in [0.5, 0.6) is 0 Å². The highest BCUT2D eigenvalue weighted by molar-refractivity contribution is 5.28. The zero-order valence-corrected chi connectivity index (χ0v) is 12.6. The number of nitrogens with zero attached hydrogens (tertiary/aromatic N) is 1. The molecule has 0 aliphatic carbocycles. The van der Waals surface area contributed by atoms with Gasteiger partial charge in [0.25, 0.3) is 0 Å². The van der Waals surface area contributed by atoms with Gasteiger partial charge in [-0.2, -0.15) is 13.2 Å². The Labute approximate surface area is 124 Å². The van der Waals surface area contributed by atoms with Gasteiger partial charge in [0.15, 0.2) is 0 Å². The second kappa shape index (κ2) is 6.79. The summed E-state index contributed by atoms with van der Waals surface area (Å²) in [6.45, 7) is 7.76. The van der Waals surface area contributed by atoms with Crippen LogP contribution in [-0.2, 0) is 6.18 Å². The lowest BCUT2D eigenvalue weighted by Gasteiger charge is -2.38. The van der Waals surface area contributed by atoms with Crippen LogP contribution in [0, 0.1) is 5.92 Å². The number of halogens is 3. The molecular weight excluding hydrogens is 277 g/mol. The summed E-state index contributed by atoms with van der Waals surface area (Å²) in [6, 6.07) is 5.87. The molecule has 1 unspecified atom stereocenters. The Bertz CT molecular complexity index is 453. The lowest BCUT2D eigenvalue weighted by molar-refractivity contribution is -0.137. The van der Waals surface area contributed by atoms with Crippen LogP contribution in [0.1, 0.15) is 37.4 Å². The summed E-state index contributed by atoms with van der Waals surface area (Å²) in [7, 11) is 0. The van der Waals surface area contributed by atoms with Crippen molar-refractivity contribution in [3.05, 3.63) is 35.4 Å². The standard InChI is InChI=1S/C16H23F3N2/c1-3-12(2)15(21-9-7-20-8-10-21)13-5-4-6-14(11-13)16(17,18)19/h4-6,11-12,15,20H,3,7-10H2,1-2H3/t12?,15-/m0/s1. The average molecular weight is 300 g/mol. The fourth-order valence-corrected chi connectivity index (χ4v) is 2.98. The van der Waals surface area contributed by atoms with Gasteiger partial charge in [-0.1, -0.05) is 32.4 Å². The molecule has 21 heavy (non-hydrogen) atoms. The molecular formula is C16H23F3N2. The maximum Gasteiger partial charge on any atom is 0.416 e. The second-order valence-electron chi connectivity index (χ2n) is 5.74. The van der Waals surface area contributed by atoms with Crippen molar-refractivity contribution in [3.63, 3.8) is 0 Å². The van der Waals surface area contributed by atoms with Crippen molar-refractivity contribution in [2.45, 2.75) is 32.5 Å². The Morgan fingerprint density at radius 2 is 1.90 bits per heavy atom. The molecule has 0 amide bonds. The topological polar surface area (TPSA) is 15.3 Å². The maximum absolute atomic E-state index is 12.9. The van der Waals surface area contributed by atoms with E-state index >= 15 is 0 Å². The van der Waals surface area contributed by atoms with Crippen molar-refractivity contribution >= 4 is 0 Å². The molecule has 1 aromatic rings. The fraction of sp³-hybridized carbons (Fsp3) is 0.625. The Hall–Kier alpha value is -1.07. The third-order valence-electron chi connectivity index (χ3n) is 4.28. The van der Waals surface area contributed by atoms with Crippen molar-refractivity contribution in [1.29, 1.82) is 0 Å². The summed E-state index contributed by atoms with van der Waals surface area (Å²) >= 11 is 0. The van der Waals surface area contributed by atoms with E-state index in [9.17, 15) is 13.2 Å². The molecule has 1 aromatic carbocycles. The third kappa shape index (κ3) is 3.98. The molecule has 0 spiro atoms. The first-order chi connectivity index (χ1) is 9.93. The molecule has 0 radical (unpaired) electrons. The Morgan fingerprint density at radius 3 is 2.48 bits per heavy atom. The molecule has 0 aromatic heterocycles. The number of rotatable bonds is 4. The van der Waals surface area contributed by atoms with Gasteiger partial charge in [-0.3, -0.25) is 4.90 Å². The van der Waals surface area contributed by atoms with Crippen LogP contribution in [0.15, 0.2) is 24.3 Å². The number of piperazine rings is 1. The minimum atomic E-state index is -4.28. The van der Waals surface area contributed by atoms with Crippen molar-refractivity contribution in [2.24, 2.45) is 5.92 Å². The van der Waals surface area contributed by atoms with Crippen LogP contribution < -0.4 is 5.32 Å². The first kappa shape index (κ1) is 16.3. The van der Waals surface area contributed by atoms with Gasteiger partial charge in [-0.05, 0) is 23.6 Å². The normalized spacial score (nSPS) is 20.2. The van der Waals surface area contributed by atoms with E-state index in [2.05, 4.69) is 24.1 Å². The van der Waals surface area contributed by atoms with Gasteiger partial charge in [0, 0.05) is 32.2 Å². The van der Waals surface area contributed by atoms with Crippen LogP contribution in [0.3, 0.4) is 0 Å². The van der Waals surface area contributed by atoms with Gasteiger partial charge in [0.1, 0.15) is 0 Å². The molecule has 1 fully saturated rings. The summed E-state index contributed by atoms with van der Waals surface area (Å²) in [5.41, 5.74) is 0.226. The van der Waals surface area contributed by atoms with Gasteiger partial charge in [-0.15, -0.1) is 0 Å². The molecule has 0 saturated carbocycles. The predicted molar refractivity (Wildman–Crippen MR) is 78.1 cm³/mol. The van der Waals surface area contributed by atoms with E-state index in [1.807, 2.05) is 6.07 Å². The van der Waals surface area contributed by atoms with E-state index < -0.39 is 11.7 Å². The second-order valence-corrected chi connectivity index (χ2v) is 5.74. The lowest BCUT2D eigenvalue weighted by atomic mass is 9.89. The van der Waals surface area contributed by atoms with E-state index in [-0.39, 0.29) is 6.04 Å². The van der Waals surface area contributed by atoms with E-state index in [0.29, 0.717) is 5.92 Å². The maximum atomic E-state index is 12.9. The van der Waals surface area contributed by atoms with Crippen LogP contribution in [0.2, 0.25) is 0 Å². The van der Waals surface area contributed by atoms with Gasteiger partial charge in [-0.25, -0.2) is 0 Å². The number of alkyl halides is 3. The fourth-order valence-electron chi connectivity index (χ4n) is 2.98. The smallest absolute Gasteiger partial charge is 0.314 e. The van der Waals surface area contributed by atoms with Crippen molar-refractivity contribution in [3.8, 4) is 0 Å². The molecule has 2 nitrogen and oxygen atoms in total. The lowest BCUT2D eigenvalue weighted by Crippen LogP contribution is -2.46. The Kier molecular flexibility index (Phi) is 5.27. The predicted octanol–water partition coefficient (Wildman–Crippen LogP) is 3.70. The molecule has 1 saturated heterocycles. The first-order valence-corrected chi connectivity index (χ1v) is 7.55. The molecule has 1 aliphatic rings. The van der Waals surface area contributed by atoms with Crippen LogP contribution in [-0.4, -0.2) is 31.1 Å². The molecule has 0 bridgehead atoms. The van der Waals surface area contributed by atoms with E-state index in [1.165, 1.54) is 12.1 Å². The third-order valence-corrected chi connectivity index (χ3v) is 4.28. The van der Waals surface area contributed by atoms with Gasteiger partial charge in [0.2, 0.25) is 0 Å². The average Bonchev–Trinajstić information content (AvgIpc) is 2.48. The molecule has 2 atom stereocenters. The number of benzene rings is 1. The first-order valence-electron chi connectivity index (χ1n) is 7.55. The number of nitrogens with one attached hydrogen (secondary N) is 1. The minimum Gasteiger partial charge on any atom is -0.314 e.